The molecule has 3 aromatic heterocycles. The number of aliphatic hydroxyl groups is 2. The summed E-state index contributed by atoms with van der Waals surface area (Å²) in [4.78, 5) is 39.0. The summed E-state index contributed by atoms with van der Waals surface area (Å²) in [5.74, 6) is 0.0796. The number of anilines is 2. The molecule has 0 bridgehead atoms. The molecule has 0 aliphatic heterocycles. The molecule has 0 saturated heterocycles. The van der Waals surface area contributed by atoms with Crippen LogP contribution in [-0.4, -0.2) is 70.8 Å². The molecule has 0 radical (unpaired) electrons. The zero-order valence-corrected chi connectivity index (χ0v) is 22.9. The number of aromatic nitrogens is 5. The lowest BCUT2D eigenvalue weighted by molar-refractivity contribution is -0.191. The van der Waals surface area contributed by atoms with Crippen molar-refractivity contribution in [2.45, 2.75) is 45.4 Å². The molecule has 13 heteroatoms. The third kappa shape index (κ3) is 9.62. The number of hydrogen-bond donors (Lipinski definition) is 5. The second-order valence-corrected chi connectivity index (χ2v) is 8.93. The number of aliphatic carboxylic acids is 1. The van der Waals surface area contributed by atoms with Crippen LogP contribution in [0.3, 0.4) is 0 Å². The lowest BCUT2D eigenvalue weighted by Gasteiger charge is -2.19. The van der Waals surface area contributed by atoms with Crippen molar-refractivity contribution in [2.24, 2.45) is 0 Å². The molecule has 0 aliphatic rings. The standard InChI is InChI=1S/C24H29N7O2.C3H4O2.CO2/c1-15(2)19-13-27-31-22(19)29-23(28-21(14-32)16(3)33)30-24(31)26-12-17-7-9-18(10-8-17)20-6-4-5-11-25-20;1-2-3(4)5;2-1-3/h4-11,13,15-16,21,32-33H,12,14H2,1-3H3,(H2,26,28,29,30);2H,1H2,(H,4,5);/t16-,21-;;/m0../s1. The van der Waals surface area contributed by atoms with E-state index in [0.29, 0.717) is 24.1 Å². The second kappa shape index (κ2) is 16.2. The van der Waals surface area contributed by atoms with Gasteiger partial charge in [-0.1, -0.05) is 50.8 Å². The maximum absolute atomic E-state index is 9.90. The first-order chi connectivity index (χ1) is 19.6. The van der Waals surface area contributed by atoms with Crippen molar-refractivity contribution in [3.8, 4) is 11.3 Å². The molecule has 13 nitrogen and oxygen atoms in total. The highest BCUT2D eigenvalue weighted by atomic mass is 16.4. The van der Waals surface area contributed by atoms with Crippen LogP contribution in [0, 0.1) is 0 Å². The summed E-state index contributed by atoms with van der Waals surface area (Å²) >= 11 is 0. The molecule has 216 valence electrons. The van der Waals surface area contributed by atoms with E-state index in [4.69, 9.17) is 14.7 Å². The Morgan fingerprint density at radius 3 is 2.29 bits per heavy atom. The number of benzene rings is 1. The Kier molecular flexibility index (Phi) is 12.7. The molecule has 0 spiro atoms. The van der Waals surface area contributed by atoms with Gasteiger partial charge in [-0.2, -0.15) is 29.2 Å². The van der Waals surface area contributed by atoms with Crippen LogP contribution in [0.2, 0.25) is 0 Å². The van der Waals surface area contributed by atoms with E-state index in [-0.39, 0.29) is 18.7 Å². The fourth-order valence-corrected chi connectivity index (χ4v) is 3.47. The maximum Gasteiger partial charge on any atom is 0.373 e. The first kappa shape index (κ1) is 32.2. The fraction of sp³-hybridized carbons (Fsp3) is 0.286. The van der Waals surface area contributed by atoms with Gasteiger partial charge in [-0.15, -0.1) is 0 Å². The van der Waals surface area contributed by atoms with Crippen molar-refractivity contribution in [2.75, 3.05) is 17.2 Å². The highest BCUT2D eigenvalue weighted by Gasteiger charge is 2.19. The van der Waals surface area contributed by atoms with Crippen molar-refractivity contribution in [3.05, 3.63) is 78.6 Å². The van der Waals surface area contributed by atoms with Gasteiger partial charge in [0.1, 0.15) is 0 Å². The average Bonchev–Trinajstić information content (AvgIpc) is 3.40. The van der Waals surface area contributed by atoms with Crippen LogP contribution in [0.4, 0.5) is 11.9 Å². The summed E-state index contributed by atoms with van der Waals surface area (Å²) in [5.41, 5.74) is 4.72. The number of carboxylic acid groups (broad SMARTS) is 1. The summed E-state index contributed by atoms with van der Waals surface area (Å²) < 4.78 is 1.68. The van der Waals surface area contributed by atoms with Gasteiger partial charge in [-0.3, -0.25) is 4.98 Å². The number of fused-ring (bicyclic) bond motifs is 1. The largest absolute Gasteiger partial charge is 0.478 e. The summed E-state index contributed by atoms with van der Waals surface area (Å²) in [7, 11) is 0. The van der Waals surface area contributed by atoms with Crippen molar-refractivity contribution in [1.82, 2.24) is 24.6 Å². The number of carbonyl (C=O) groups excluding carboxylic acids is 2. The number of hydrogen-bond acceptors (Lipinski definition) is 11. The molecule has 0 unspecified atom stereocenters. The normalized spacial score (nSPS) is 11.7. The number of carboxylic acids is 1. The van der Waals surface area contributed by atoms with Gasteiger partial charge in [0.25, 0.3) is 0 Å². The predicted octanol–water partition coefficient (Wildman–Crippen LogP) is 2.75. The number of aliphatic hydroxyl groups excluding tert-OH is 2. The Hall–Kier alpha value is -4.97. The van der Waals surface area contributed by atoms with E-state index >= 15 is 0 Å². The monoisotopic (exact) mass is 563 g/mol. The second-order valence-electron chi connectivity index (χ2n) is 8.93. The first-order valence-electron chi connectivity index (χ1n) is 12.5. The SMILES string of the molecule is C=CC(=O)O.CC(C)c1cnn2c(NCc3ccc(-c4ccccn4)cc3)nc(N[C@@H](CO)[C@H](C)O)nc12.O=C=O. The molecule has 41 heavy (non-hydrogen) atoms. The van der Waals surface area contributed by atoms with Crippen molar-refractivity contribution in [1.29, 1.82) is 0 Å². The maximum atomic E-state index is 9.90. The Bertz CT molecular complexity index is 1430. The van der Waals surface area contributed by atoms with E-state index in [2.05, 4.69) is 51.1 Å². The van der Waals surface area contributed by atoms with Gasteiger partial charge >= 0.3 is 12.1 Å². The van der Waals surface area contributed by atoms with Crippen LogP contribution < -0.4 is 10.6 Å². The minimum absolute atomic E-state index is 0.225. The highest BCUT2D eigenvalue weighted by molar-refractivity contribution is 5.78. The van der Waals surface area contributed by atoms with Gasteiger partial charge in [0.15, 0.2) is 5.65 Å². The van der Waals surface area contributed by atoms with Gasteiger partial charge < -0.3 is 26.0 Å². The number of nitrogens with one attached hydrogen (secondary N) is 2. The Labute approximate surface area is 236 Å². The van der Waals surface area contributed by atoms with Crippen molar-refractivity contribution in [3.63, 3.8) is 0 Å². The van der Waals surface area contributed by atoms with Gasteiger partial charge in [-0.25, -0.2) is 4.79 Å². The summed E-state index contributed by atoms with van der Waals surface area (Å²) in [6.07, 6.45) is 3.90. The molecular weight excluding hydrogens is 530 g/mol. The molecule has 0 fully saturated rings. The Balaban J connectivity index is 0.000000653. The van der Waals surface area contributed by atoms with Gasteiger partial charge in [0.2, 0.25) is 11.9 Å². The van der Waals surface area contributed by atoms with E-state index in [1.165, 1.54) is 0 Å². The zero-order valence-electron chi connectivity index (χ0n) is 22.9. The fourth-order valence-electron chi connectivity index (χ4n) is 3.47. The molecule has 4 aromatic rings. The number of rotatable bonds is 10. The van der Waals surface area contributed by atoms with Crippen LogP contribution in [0.15, 0.2) is 67.5 Å². The summed E-state index contributed by atoms with van der Waals surface area (Å²) in [6, 6.07) is 13.5. The lowest BCUT2D eigenvalue weighted by atomic mass is 10.1. The molecule has 0 aliphatic carbocycles. The van der Waals surface area contributed by atoms with Crippen LogP contribution in [0.5, 0.6) is 0 Å². The Morgan fingerprint density at radius 1 is 1.12 bits per heavy atom. The van der Waals surface area contributed by atoms with Crippen LogP contribution in [0.1, 0.15) is 37.8 Å². The third-order valence-corrected chi connectivity index (χ3v) is 5.65. The first-order valence-corrected chi connectivity index (χ1v) is 12.5. The average molecular weight is 564 g/mol. The van der Waals surface area contributed by atoms with Crippen LogP contribution >= 0.6 is 0 Å². The minimum Gasteiger partial charge on any atom is -0.478 e. The van der Waals surface area contributed by atoms with Crippen molar-refractivity contribution >= 4 is 29.7 Å². The van der Waals surface area contributed by atoms with E-state index in [1.54, 1.807) is 23.8 Å². The van der Waals surface area contributed by atoms with E-state index in [1.807, 2.05) is 42.5 Å². The number of pyridine rings is 1. The van der Waals surface area contributed by atoms with Crippen LogP contribution in [-0.2, 0) is 20.9 Å². The van der Waals surface area contributed by atoms with Crippen LogP contribution in [0.25, 0.3) is 16.9 Å². The molecule has 0 saturated carbocycles. The molecule has 0 amide bonds. The number of nitrogens with zero attached hydrogens (tertiary/aromatic N) is 5. The quantitative estimate of drug-likeness (QED) is 0.177. The summed E-state index contributed by atoms with van der Waals surface area (Å²) in [5, 5.41) is 37.9. The predicted molar refractivity (Wildman–Crippen MR) is 151 cm³/mol. The van der Waals surface area contributed by atoms with Gasteiger partial charge in [0.05, 0.1) is 30.6 Å². The van der Waals surface area contributed by atoms with E-state index in [0.717, 1.165) is 28.5 Å². The zero-order chi connectivity index (χ0) is 30.4. The minimum atomic E-state index is -0.981. The van der Waals surface area contributed by atoms with Crippen molar-refractivity contribution < 1.29 is 29.7 Å². The van der Waals surface area contributed by atoms with Gasteiger partial charge in [-0.05, 0) is 30.5 Å². The topological polar surface area (TPSA) is 192 Å². The third-order valence-electron chi connectivity index (χ3n) is 5.65. The van der Waals surface area contributed by atoms with E-state index in [9.17, 15) is 15.0 Å². The highest BCUT2D eigenvalue weighted by Crippen LogP contribution is 2.23. The molecule has 5 N–H and O–H groups in total. The van der Waals surface area contributed by atoms with Gasteiger partial charge in [0, 0.05) is 29.9 Å². The summed E-state index contributed by atoms with van der Waals surface area (Å²) in [6.45, 7) is 9.02. The van der Waals surface area contributed by atoms with E-state index < -0.39 is 18.1 Å². The molecule has 2 atom stereocenters. The smallest absolute Gasteiger partial charge is 0.373 e. The molecule has 1 aromatic carbocycles. The molecule has 4 rings (SSSR count). The Morgan fingerprint density at radius 2 is 1.78 bits per heavy atom. The lowest BCUT2D eigenvalue weighted by Crippen LogP contribution is -2.35. The number of carbonyl (C=O) groups is 1. The molecule has 3 heterocycles. The molecular formula is C28H33N7O6.